The van der Waals surface area contributed by atoms with Gasteiger partial charge in [0.1, 0.15) is 0 Å². The lowest BCUT2D eigenvalue weighted by Gasteiger charge is -2.06. The van der Waals surface area contributed by atoms with Crippen molar-refractivity contribution in [2.45, 2.75) is 19.9 Å². The first-order valence-corrected chi connectivity index (χ1v) is 3.75. The summed E-state index contributed by atoms with van der Waals surface area (Å²) in [6, 6.07) is 0.419. The normalized spacial score (nSPS) is 14.6. The van der Waals surface area contributed by atoms with E-state index in [1.165, 1.54) is 0 Å². The standard InChI is InChI=1S/C7H14ClN/c1-3-4-5-9-7(2)6-8/h3-4,7,9H,5-6H2,1-2H3/b4-3+. The van der Waals surface area contributed by atoms with E-state index in [1.54, 1.807) is 0 Å². The highest BCUT2D eigenvalue weighted by molar-refractivity contribution is 6.18. The number of halogens is 1. The molecule has 0 bridgehead atoms. The summed E-state index contributed by atoms with van der Waals surface area (Å²) in [6.07, 6.45) is 4.09. The van der Waals surface area contributed by atoms with Gasteiger partial charge in [0.15, 0.2) is 0 Å². The Labute approximate surface area is 62.1 Å². The minimum absolute atomic E-state index is 0.419. The quantitative estimate of drug-likeness (QED) is 0.472. The molecule has 1 unspecified atom stereocenters. The molecule has 0 aromatic rings. The highest BCUT2D eigenvalue weighted by atomic mass is 35.5. The van der Waals surface area contributed by atoms with Crippen LogP contribution in [-0.2, 0) is 0 Å². The number of rotatable bonds is 4. The van der Waals surface area contributed by atoms with Crippen LogP contribution in [0, 0.1) is 0 Å². The van der Waals surface area contributed by atoms with Gasteiger partial charge in [-0.05, 0) is 13.8 Å². The largest absolute Gasteiger partial charge is 0.310 e. The van der Waals surface area contributed by atoms with Crippen molar-refractivity contribution in [3.8, 4) is 0 Å². The number of allylic oxidation sites excluding steroid dienone is 1. The molecule has 0 spiro atoms. The molecule has 2 heteroatoms. The Morgan fingerprint density at radius 2 is 2.33 bits per heavy atom. The number of alkyl halides is 1. The van der Waals surface area contributed by atoms with Gasteiger partial charge in [0, 0.05) is 18.5 Å². The van der Waals surface area contributed by atoms with Gasteiger partial charge in [0.25, 0.3) is 0 Å². The van der Waals surface area contributed by atoms with E-state index in [0.29, 0.717) is 11.9 Å². The van der Waals surface area contributed by atoms with Crippen LogP contribution in [0.1, 0.15) is 13.8 Å². The molecule has 0 saturated heterocycles. The first-order chi connectivity index (χ1) is 4.31. The van der Waals surface area contributed by atoms with E-state index in [1.807, 2.05) is 13.0 Å². The van der Waals surface area contributed by atoms with Crippen molar-refractivity contribution >= 4 is 11.6 Å². The van der Waals surface area contributed by atoms with Gasteiger partial charge in [0.2, 0.25) is 0 Å². The highest BCUT2D eigenvalue weighted by Gasteiger charge is 1.93. The molecule has 0 saturated carbocycles. The summed E-state index contributed by atoms with van der Waals surface area (Å²) in [5.41, 5.74) is 0. The van der Waals surface area contributed by atoms with Crippen LogP contribution in [0.2, 0.25) is 0 Å². The molecule has 1 nitrogen and oxygen atoms in total. The molecule has 0 radical (unpaired) electrons. The molecule has 0 aliphatic carbocycles. The third-order valence-corrected chi connectivity index (χ3v) is 1.51. The van der Waals surface area contributed by atoms with E-state index >= 15 is 0 Å². The summed E-state index contributed by atoms with van der Waals surface area (Å²) in [5, 5.41) is 3.21. The minimum atomic E-state index is 0.419. The van der Waals surface area contributed by atoms with Crippen LogP contribution >= 0.6 is 11.6 Å². The van der Waals surface area contributed by atoms with Gasteiger partial charge in [-0.25, -0.2) is 0 Å². The van der Waals surface area contributed by atoms with Crippen molar-refractivity contribution in [1.29, 1.82) is 0 Å². The van der Waals surface area contributed by atoms with Crippen molar-refractivity contribution in [1.82, 2.24) is 5.32 Å². The average Bonchev–Trinajstić information content (AvgIpc) is 1.89. The summed E-state index contributed by atoms with van der Waals surface area (Å²) in [7, 11) is 0. The monoisotopic (exact) mass is 147 g/mol. The molecule has 1 atom stereocenters. The van der Waals surface area contributed by atoms with Crippen LogP contribution in [0.15, 0.2) is 12.2 Å². The molecule has 9 heavy (non-hydrogen) atoms. The van der Waals surface area contributed by atoms with E-state index in [0.717, 1.165) is 6.54 Å². The van der Waals surface area contributed by atoms with Crippen molar-refractivity contribution in [2.24, 2.45) is 0 Å². The van der Waals surface area contributed by atoms with Crippen LogP contribution in [0.25, 0.3) is 0 Å². The van der Waals surface area contributed by atoms with Gasteiger partial charge in [-0.3, -0.25) is 0 Å². The van der Waals surface area contributed by atoms with E-state index in [2.05, 4.69) is 18.3 Å². The second-order valence-electron chi connectivity index (χ2n) is 2.03. The average molecular weight is 148 g/mol. The molecule has 0 aromatic heterocycles. The molecular weight excluding hydrogens is 134 g/mol. The van der Waals surface area contributed by atoms with Crippen molar-refractivity contribution in [2.75, 3.05) is 12.4 Å². The van der Waals surface area contributed by atoms with Crippen LogP contribution in [0.4, 0.5) is 0 Å². The summed E-state index contributed by atoms with van der Waals surface area (Å²) in [4.78, 5) is 0. The first kappa shape index (κ1) is 8.99. The molecule has 54 valence electrons. The Morgan fingerprint density at radius 1 is 1.67 bits per heavy atom. The lowest BCUT2D eigenvalue weighted by Crippen LogP contribution is -2.27. The second-order valence-corrected chi connectivity index (χ2v) is 2.34. The van der Waals surface area contributed by atoms with Gasteiger partial charge < -0.3 is 5.32 Å². The van der Waals surface area contributed by atoms with Crippen molar-refractivity contribution in [3.05, 3.63) is 12.2 Å². The molecule has 1 N–H and O–H groups in total. The molecule has 0 rings (SSSR count). The fourth-order valence-electron chi connectivity index (χ4n) is 0.442. The Kier molecular flexibility index (Phi) is 6.11. The Hall–Kier alpha value is -0.0100. The zero-order valence-electron chi connectivity index (χ0n) is 6.02. The maximum absolute atomic E-state index is 5.54. The first-order valence-electron chi connectivity index (χ1n) is 3.21. The van der Waals surface area contributed by atoms with Gasteiger partial charge >= 0.3 is 0 Å². The predicted molar refractivity (Wildman–Crippen MR) is 43.0 cm³/mol. The molecule has 0 fully saturated rings. The number of hydrogen-bond acceptors (Lipinski definition) is 1. The topological polar surface area (TPSA) is 12.0 Å². The van der Waals surface area contributed by atoms with Crippen LogP contribution in [0.3, 0.4) is 0 Å². The van der Waals surface area contributed by atoms with E-state index in [-0.39, 0.29) is 0 Å². The maximum atomic E-state index is 5.54. The summed E-state index contributed by atoms with van der Waals surface area (Å²) >= 11 is 5.54. The molecule has 0 aliphatic rings. The van der Waals surface area contributed by atoms with E-state index < -0.39 is 0 Å². The van der Waals surface area contributed by atoms with E-state index in [9.17, 15) is 0 Å². The lowest BCUT2D eigenvalue weighted by atomic mass is 10.4. The van der Waals surface area contributed by atoms with Gasteiger partial charge in [0.05, 0.1) is 0 Å². The molecule has 0 amide bonds. The highest BCUT2D eigenvalue weighted by Crippen LogP contribution is 1.84. The summed E-state index contributed by atoms with van der Waals surface area (Å²) in [5.74, 6) is 0.678. The summed E-state index contributed by atoms with van der Waals surface area (Å²) in [6.45, 7) is 4.99. The number of nitrogens with one attached hydrogen (secondary N) is 1. The molecule has 0 aliphatic heterocycles. The smallest absolute Gasteiger partial charge is 0.0374 e. The molecule has 0 aromatic carbocycles. The fraction of sp³-hybridized carbons (Fsp3) is 0.714. The Bertz CT molecular complexity index is 81.0. The third kappa shape index (κ3) is 5.87. The van der Waals surface area contributed by atoms with Crippen molar-refractivity contribution in [3.63, 3.8) is 0 Å². The van der Waals surface area contributed by atoms with Crippen LogP contribution in [-0.4, -0.2) is 18.5 Å². The molecular formula is C7H14ClN. The van der Waals surface area contributed by atoms with Crippen molar-refractivity contribution < 1.29 is 0 Å². The van der Waals surface area contributed by atoms with Crippen LogP contribution in [0.5, 0.6) is 0 Å². The molecule has 0 heterocycles. The number of hydrogen-bond donors (Lipinski definition) is 1. The third-order valence-electron chi connectivity index (χ3n) is 1.05. The lowest BCUT2D eigenvalue weighted by molar-refractivity contribution is 0.637. The maximum Gasteiger partial charge on any atom is 0.0374 e. The summed E-state index contributed by atoms with van der Waals surface area (Å²) < 4.78 is 0. The Balaban J connectivity index is 3.06. The minimum Gasteiger partial charge on any atom is -0.310 e. The Morgan fingerprint density at radius 3 is 2.78 bits per heavy atom. The fourth-order valence-corrected chi connectivity index (χ4v) is 0.551. The van der Waals surface area contributed by atoms with E-state index in [4.69, 9.17) is 11.6 Å². The van der Waals surface area contributed by atoms with Gasteiger partial charge in [-0.1, -0.05) is 12.2 Å². The van der Waals surface area contributed by atoms with Gasteiger partial charge in [-0.2, -0.15) is 0 Å². The van der Waals surface area contributed by atoms with Gasteiger partial charge in [-0.15, -0.1) is 11.6 Å². The zero-order chi connectivity index (χ0) is 7.11. The second kappa shape index (κ2) is 6.12. The van der Waals surface area contributed by atoms with Crippen LogP contribution < -0.4 is 5.32 Å². The predicted octanol–water partition coefficient (Wildman–Crippen LogP) is 1.78. The zero-order valence-corrected chi connectivity index (χ0v) is 6.78. The SMILES string of the molecule is C/C=C/CNC(C)CCl.